The second-order valence-corrected chi connectivity index (χ2v) is 6.65. The Morgan fingerprint density at radius 2 is 1.38 bits per heavy atom. The molecule has 2 aromatic carbocycles. The van der Waals surface area contributed by atoms with E-state index in [2.05, 4.69) is 12.1 Å². The summed E-state index contributed by atoms with van der Waals surface area (Å²) in [7, 11) is 0. The molecule has 0 fully saturated rings. The molecule has 0 saturated carbocycles. The summed E-state index contributed by atoms with van der Waals surface area (Å²) in [6.07, 6.45) is 7.28. The van der Waals surface area contributed by atoms with Crippen molar-refractivity contribution in [2.75, 3.05) is 0 Å². The van der Waals surface area contributed by atoms with Crippen LogP contribution in [0.5, 0.6) is 0 Å². The van der Waals surface area contributed by atoms with Gasteiger partial charge in [-0.05, 0) is 84.5 Å². The third kappa shape index (κ3) is 1.94. The summed E-state index contributed by atoms with van der Waals surface area (Å²) in [6, 6.07) is 10.0. The fourth-order valence-corrected chi connectivity index (χ4v) is 3.84. The number of allylic oxidation sites excluding steroid dienone is 2. The van der Waals surface area contributed by atoms with Crippen LogP contribution in [0, 0.1) is 0 Å². The van der Waals surface area contributed by atoms with E-state index in [1.807, 2.05) is 18.2 Å². The predicted octanol–water partition coefficient (Wildman–Crippen LogP) is 4.20. The molecule has 0 saturated heterocycles. The molecule has 0 atom stereocenters. The maximum Gasteiger partial charge on any atom is 0.186 e. The monoisotopic (exact) mass is 313 g/mol. The molecule has 2 aliphatic rings. The molecule has 3 aromatic rings. The summed E-state index contributed by atoms with van der Waals surface area (Å²) < 4.78 is 0. The number of ketones is 2. The first-order chi connectivity index (χ1) is 11.7. The lowest BCUT2D eigenvalue weighted by Crippen LogP contribution is -2.11. The molecule has 3 heteroatoms. The molecule has 0 spiro atoms. The van der Waals surface area contributed by atoms with Gasteiger partial charge in [0.25, 0.3) is 0 Å². The number of benzene rings is 2. The van der Waals surface area contributed by atoms with Crippen LogP contribution in [0.4, 0.5) is 0 Å². The van der Waals surface area contributed by atoms with Gasteiger partial charge >= 0.3 is 0 Å². The van der Waals surface area contributed by atoms with Gasteiger partial charge in [-0.1, -0.05) is 0 Å². The van der Waals surface area contributed by atoms with Crippen molar-refractivity contribution in [2.45, 2.75) is 25.7 Å². The van der Waals surface area contributed by atoms with E-state index in [4.69, 9.17) is 4.98 Å². The number of aryl methyl sites for hydroxylation is 2. The minimum absolute atomic E-state index is 0.102. The molecule has 0 radical (unpaired) electrons. The number of aromatic nitrogens is 1. The quantitative estimate of drug-likeness (QED) is 0.584. The Kier molecular flexibility index (Phi) is 2.75. The molecule has 0 aliphatic heterocycles. The second-order valence-electron chi connectivity index (χ2n) is 6.65. The van der Waals surface area contributed by atoms with E-state index in [1.165, 1.54) is 36.3 Å². The van der Waals surface area contributed by atoms with E-state index in [9.17, 15) is 9.59 Å². The molecule has 0 unspecified atom stereocenters. The normalized spacial score (nSPS) is 16.5. The SMILES string of the molecule is O=C1C=CC(=O)c2cc3cc4nc5c(cc4cc3cc21)CCCC5. The number of hydrogen-bond acceptors (Lipinski definition) is 3. The summed E-state index contributed by atoms with van der Waals surface area (Å²) in [4.78, 5) is 29.0. The van der Waals surface area contributed by atoms with E-state index in [-0.39, 0.29) is 11.6 Å². The number of pyridine rings is 1. The van der Waals surface area contributed by atoms with Gasteiger partial charge in [0.15, 0.2) is 11.6 Å². The van der Waals surface area contributed by atoms with Crippen LogP contribution in [-0.2, 0) is 12.8 Å². The minimum atomic E-state index is -0.106. The van der Waals surface area contributed by atoms with Crippen LogP contribution in [-0.4, -0.2) is 16.6 Å². The molecular formula is C21H15NO2. The predicted molar refractivity (Wildman–Crippen MR) is 93.7 cm³/mol. The Labute approximate surface area is 139 Å². The molecular weight excluding hydrogens is 298 g/mol. The fourth-order valence-electron chi connectivity index (χ4n) is 3.84. The van der Waals surface area contributed by atoms with E-state index in [0.29, 0.717) is 11.1 Å². The standard InChI is InChI=1S/C21H15NO2/c23-20-5-6-21(24)17-10-14-11-19-15(8-13(14)9-16(17)20)7-12-3-1-2-4-18(12)22-19/h5-11H,1-4H2. The Morgan fingerprint density at radius 1 is 0.708 bits per heavy atom. The first kappa shape index (κ1) is 13.6. The molecule has 0 amide bonds. The van der Waals surface area contributed by atoms with Crippen LogP contribution in [0.3, 0.4) is 0 Å². The Bertz CT molecular complexity index is 1010. The molecule has 116 valence electrons. The van der Waals surface area contributed by atoms with Gasteiger partial charge in [-0.3, -0.25) is 14.6 Å². The van der Waals surface area contributed by atoms with Gasteiger partial charge in [0.1, 0.15) is 0 Å². The molecule has 2 aliphatic carbocycles. The summed E-state index contributed by atoms with van der Waals surface area (Å²) in [6.45, 7) is 0. The van der Waals surface area contributed by atoms with E-state index in [1.54, 1.807) is 0 Å². The van der Waals surface area contributed by atoms with Crippen molar-refractivity contribution in [1.82, 2.24) is 4.98 Å². The lowest BCUT2D eigenvalue weighted by molar-refractivity contribution is 0.0994. The highest BCUT2D eigenvalue weighted by atomic mass is 16.1. The Morgan fingerprint density at radius 3 is 2.12 bits per heavy atom. The van der Waals surface area contributed by atoms with Crippen LogP contribution in [0.15, 0.2) is 42.5 Å². The van der Waals surface area contributed by atoms with Crippen LogP contribution in [0.1, 0.15) is 44.8 Å². The zero-order valence-corrected chi connectivity index (χ0v) is 13.1. The van der Waals surface area contributed by atoms with Crippen LogP contribution in [0.25, 0.3) is 21.7 Å². The van der Waals surface area contributed by atoms with Crippen molar-refractivity contribution in [1.29, 1.82) is 0 Å². The minimum Gasteiger partial charge on any atom is -0.289 e. The lowest BCUT2D eigenvalue weighted by Gasteiger charge is -2.16. The maximum absolute atomic E-state index is 12.1. The van der Waals surface area contributed by atoms with Gasteiger partial charge in [0.2, 0.25) is 0 Å². The number of carbonyl (C=O) groups is 2. The zero-order valence-electron chi connectivity index (χ0n) is 13.1. The van der Waals surface area contributed by atoms with Crippen LogP contribution < -0.4 is 0 Å². The first-order valence-electron chi connectivity index (χ1n) is 8.36. The van der Waals surface area contributed by atoms with Crippen LogP contribution in [0.2, 0.25) is 0 Å². The topological polar surface area (TPSA) is 47.0 Å². The maximum atomic E-state index is 12.1. The number of nitrogens with zero attached hydrogens (tertiary/aromatic N) is 1. The van der Waals surface area contributed by atoms with Crippen molar-refractivity contribution >= 4 is 33.2 Å². The Hall–Kier alpha value is -2.81. The summed E-state index contributed by atoms with van der Waals surface area (Å²) in [5.74, 6) is -0.208. The molecule has 1 aromatic heterocycles. The van der Waals surface area contributed by atoms with Gasteiger partial charge < -0.3 is 0 Å². The van der Waals surface area contributed by atoms with Crippen molar-refractivity contribution in [3.8, 4) is 0 Å². The number of rotatable bonds is 0. The largest absolute Gasteiger partial charge is 0.289 e. The third-order valence-electron chi connectivity index (χ3n) is 5.10. The average Bonchev–Trinajstić information content (AvgIpc) is 2.60. The lowest BCUT2D eigenvalue weighted by atomic mass is 9.90. The van der Waals surface area contributed by atoms with Gasteiger partial charge in [-0.2, -0.15) is 0 Å². The summed E-state index contributed by atoms with van der Waals surface area (Å²) >= 11 is 0. The van der Waals surface area contributed by atoms with Crippen molar-refractivity contribution in [3.63, 3.8) is 0 Å². The van der Waals surface area contributed by atoms with Crippen molar-refractivity contribution in [3.05, 3.63) is 64.9 Å². The fraction of sp³-hybridized carbons (Fsp3) is 0.190. The first-order valence-corrected chi connectivity index (χ1v) is 8.36. The smallest absolute Gasteiger partial charge is 0.186 e. The average molecular weight is 313 g/mol. The van der Waals surface area contributed by atoms with Crippen molar-refractivity contribution < 1.29 is 9.59 Å². The molecule has 0 N–H and O–H groups in total. The van der Waals surface area contributed by atoms with Gasteiger partial charge in [0.05, 0.1) is 5.52 Å². The number of carbonyl (C=O) groups excluding carboxylic acids is 2. The molecule has 3 nitrogen and oxygen atoms in total. The third-order valence-corrected chi connectivity index (χ3v) is 5.10. The highest BCUT2D eigenvalue weighted by Gasteiger charge is 2.20. The molecule has 0 bridgehead atoms. The summed E-state index contributed by atoms with van der Waals surface area (Å²) in [5.41, 5.74) is 4.52. The van der Waals surface area contributed by atoms with Crippen molar-refractivity contribution in [2.24, 2.45) is 0 Å². The van der Waals surface area contributed by atoms with E-state index >= 15 is 0 Å². The highest BCUT2D eigenvalue weighted by molar-refractivity contribution is 6.23. The summed E-state index contributed by atoms with van der Waals surface area (Å²) in [5, 5.41) is 3.05. The molecule has 24 heavy (non-hydrogen) atoms. The van der Waals surface area contributed by atoms with Gasteiger partial charge in [-0.25, -0.2) is 0 Å². The van der Waals surface area contributed by atoms with Gasteiger partial charge in [0, 0.05) is 22.2 Å². The number of hydrogen-bond donors (Lipinski definition) is 0. The molecule has 1 heterocycles. The molecule has 5 rings (SSSR count). The Balaban J connectivity index is 1.80. The second kappa shape index (κ2) is 4.84. The number of fused-ring (bicyclic) bond motifs is 4. The zero-order chi connectivity index (χ0) is 16.3. The van der Waals surface area contributed by atoms with E-state index < -0.39 is 0 Å². The van der Waals surface area contributed by atoms with Crippen LogP contribution >= 0.6 is 0 Å². The van der Waals surface area contributed by atoms with Gasteiger partial charge in [-0.15, -0.1) is 0 Å². The highest BCUT2D eigenvalue weighted by Crippen LogP contribution is 2.30. The van der Waals surface area contributed by atoms with E-state index in [0.717, 1.165) is 34.5 Å².